The van der Waals surface area contributed by atoms with Crippen LogP contribution < -0.4 is 5.32 Å². The van der Waals surface area contributed by atoms with Gasteiger partial charge in [-0.05, 0) is 36.8 Å². The van der Waals surface area contributed by atoms with E-state index in [9.17, 15) is 0 Å². The minimum Gasteiger partial charge on any atom is -0.300 e. The number of rotatable bonds is 5. The van der Waals surface area contributed by atoms with Crippen molar-refractivity contribution in [2.24, 2.45) is 0 Å². The lowest BCUT2D eigenvalue weighted by Crippen LogP contribution is -2.22. The monoisotopic (exact) mass is 294 g/mol. The Morgan fingerprint density at radius 2 is 1.81 bits per heavy atom. The number of aromatic nitrogens is 1. The van der Waals surface area contributed by atoms with Gasteiger partial charge in [0.1, 0.15) is 0 Å². The van der Waals surface area contributed by atoms with Gasteiger partial charge in [-0.25, -0.2) is 0 Å². The van der Waals surface area contributed by atoms with Crippen LogP contribution in [-0.2, 0) is 6.54 Å². The molecule has 1 aromatic carbocycles. The highest BCUT2D eigenvalue weighted by molar-refractivity contribution is 7.11. The predicted molar refractivity (Wildman–Crippen MR) is 88.4 cm³/mol. The quantitative estimate of drug-likeness (QED) is 0.757. The van der Waals surface area contributed by atoms with Gasteiger partial charge in [0, 0.05) is 22.5 Å². The van der Waals surface area contributed by atoms with Crippen LogP contribution in [0.25, 0.3) is 0 Å². The number of nitrogens with zero attached hydrogens (tertiary/aromatic N) is 1. The van der Waals surface area contributed by atoms with Gasteiger partial charge in [0.2, 0.25) is 0 Å². The summed E-state index contributed by atoms with van der Waals surface area (Å²) < 4.78 is 0. The van der Waals surface area contributed by atoms with Gasteiger partial charge in [-0.3, -0.25) is 4.98 Å². The van der Waals surface area contributed by atoms with Gasteiger partial charge in [-0.1, -0.05) is 36.4 Å². The van der Waals surface area contributed by atoms with E-state index in [1.165, 1.54) is 15.3 Å². The summed E-state index contributed by atoms with van der Waals surface area (Å²) in [5.74, 6) is 0. The van der Waals surface area contributed by atoms with Crippen LogP contribution in [0.5, 0.6) is 0 Å². The molecule has 0 amide bonds. The first-order chi connectivity index (χ1) is 10.3. The molecule has 0 aliphatic rings. The molecular formula is C18H18N2S. The standard InChI is InChI=1S/C18H18N2S/c1-14-10-11-16(21-14)13-20-18(15-7-3-2-4-8-15)17-9-5-6-12-19-17/h2-12,18,20H,13H2,1H3. The maximum absolute atomic E-state index is 4.51. The van der Waals surface area contributed by atoms with Crippen molar-refractivity contribution in [2.75, 3.05) is 0 Å². The number of pyridine rings is 1. The molecule has 1 unspecified atom stereocenters. The van der Waals surface area contributed by atoms with Crippen molar-refractivity contribution in [1.29, 1.82) is 0 Å². The fourth-order valence-corrected chi connectivity index (χ4v) is 3.21. The maximum atomic E-state index is 4.51. The summed E-state index contributed by atoms with van der Waals surface area (Å²) in [5, 5.41) is 3.63. The third-order valence-electron chi connectivity index (χ3n) is 3.39. The molecule has 1 atom stereocenters. The van der Waals surface area contributed by atoms with E-state index in [0.29, 0.717) is 0 Å². The fraction of sp³-hybridized carbons (Fsp3) is 0.167. The zero-order chi connectivity index (χ0) is 14.5. The first-order valence-electron chi connectivity index (χ1n) is 7.07. The number of thiophene rings is 1. The molecule has 0 aliphatic heterocycles. The second-order valence-electron chi connectivity index (χ2n) is 4.99. The van der Waals surface area contributed by atoms with Crippen LogP contribution in [-0.4, -0.2) is 4.98 Å². The molecule has 1 N–H and O–H groups in total. The molecule has 106 valence electrons. The topological polar surface area (TPSA) is 24.9 Å². The summed E-state index contributed by atoms with van der Waals surface area (Å²) in [6, 6.07) is 21.0. The smallest absolute Gasteiger partial charge is 0.0754 e. The molecule has 0 saturated heterocycles. The lowest BCUT2D eigenvalue weighted by atomic mass is 10.0. The van der Waals surface area contributed by atoms with Crippen molar-refractivity contribution in [3.05, 3.63) is 87.9 Å². The Kier molecular flexibility index (Phi) is 4.43. The summed E-state index contributed by atoms with van der Waals surface area (Å²) in [6.07, 6.45) is 1.85. The van der Waals surface area contributed by atoms with E-state index in [-0.39, 0.29) is 6.04 Å². The Labute approximate surface area is 129 Å². The molecular weight excluding hydrogens is 276 g/mol. The molecule has 0 aliphatic carbocycles. The molecule has 0 fully saturated rings. The van der Waals surface area contributed by atoms with Gasteiger partial charge in [0.15, 0.2) is 0 Å². The molecule has 2 nitrogen and oxygen atoms in total. The number of nitrogens with one attached hydrogen (secondary N) is 1. The van der Waals surface area contributed by atoms with Gasteiger partial charge in [-0.15, -0.1) is 11.3 Å². The van der Waals surface area contributed by atoms with Crippen LogP contribution in [0.1, 0.15) is 27.1 Å². The van der Waals surface area contributed by atoms with Gasteiger partial charge < -0.3 is 5.32 Å². The third kappa shape index (κ3) is 3.57. The number of aryl methyl sites for hydroxylation is 1. The summed E-state index contributed by atoms with van der Waals surface area (Å²) in [6.45, 7) is 3.00. The van der Waals surface area contributed by atoms with Gasteiger partial charge >= 0.3 is 0 Å². The predicted octanol–water partition coefficient (Wildman–Crippen LogP) is 4.33. The number of hydrogen-bond acceptors (Lipinski definition) is 3. The number of hydrogen-bond donors (Lipinski definition) is 1. The minimum atomic E-state index is 0.120. The third-order valence-corrected chi connectivity index (χ3v) is 4.39. The second kappa shape index (κ2) is 6.66. The molecule has 0 spiro atoms. The molecule has 0 radical (unpaired) electrons. The molecule has 3 heteroatoms. The van der Waals surface area contributed by atoms with Crippen molar-refractivity contribution in [2.45, 2.75) is 19.5 Å². The average Bonchev–Trinajstić information content (AvgIpc) is 2.95. The fourth-order valence-electron chi connectivity index (χ4n) is 2.37. The molecule has 0 saturated carbocycles. The Bertz CT molecular complexity index is 637. The van der Waals surface area contributed by atoms with Crippen molar-refractivity contribution >= 4 is 11.3 Å². The van der Waals surface area contributed by atoms with E-state index in [4.69, 9.17) is 0 Å². The first-order valence-corrected chi connectivity index (χ1v) is 7.89. The van der Waals surface area contributed by atoms with E-state index in [2.05, 4.69) is 59.7 Å². The normalized spacial score (nSPS) is 12.2. The highest BCUT2D eigenvalue weighted by atomic mass is 32.1. The van der Waals surface area contributed by atoms with Crippen LogP contribution in [0, 0.1) is 6.92 Å². The van der Waals surface area contributed by atoms with E-state index < -0.39 is 0 Å². The van der Waals surface area contributed by atoms with E-state index >= 15 is 0 Å². The van der Waals surface area contributed by atoms with Crippen LogP contribution >= 0.6 is 11.3 Å². The summed E-state index contributed by atoms with van der Waals surface area (Å²) in [4.78, 5) is 7.21. The summed E-state index contributed by atoms with van der Waals surface area (Å²) >= 11 is 1.84. The molecule has 3 aromatic rings. The maximum Gasteiger partial charge on any atom is 0.0754 e. The van der Waals surface area contributed by atoms with E-state index in [1.807, 2.05) is 35.7 Å². The van der Waals surface area contributed by atoms with Crippen LogP contribution in [0.2, 0.25) is 0 Å². The highest BCUT2D eigenvalue weighted by Gasteiger charge is 2.14. The summed E-state index contributed by atoms with van der Waals surface area (Å²) in [7, 11) is 0. The Hall–Kier alpha value is -1.97. The van der Waals surface area contributed by atoms with Crippen LogP contribution in [0.4, 0.5) is 0 Å². The van der Waals surface area contributed by atoms with Gasteiger partial charge in [0.05, 0.1) is 11.7 Å². The zero-order valence-corrected chi connectivity index (χ0v) is 12.8. The van der Waals surface area contributed by atoms with Crippen molar-refractivity contribution in [3.8, 4) is 0 Å². The van der Waals surface area contributed by atoms with Gasteiger partial charge in [0.25, 0.3) is 0 Å². The lowest BCUT2D eigenvalue weighted by molar-refractivity contribution is 0.596. The van der Waals surface area contributed by atoms with Crippen molar-refractivity contribution in [1.82, 2.24) is 10.3 Å². The molecule has 3 rings (SSSR count). The largest absolute Gasteiger partial charge is 0.300 e. The lowest BCUT2D eigenvalue weighted by Gasteiger charge is -2.18. The molecule has 0 bridgehead atoms. The molecule has 2 heterocycles. The van der Waals surface area contributed by atoms with E-state index in [1.54, 1.807) is 0 Å². The molecule has 21 heavy (non-hydrogen) atoms. The number of benzene rings is 1. The molecule has 2 aromatic heterocycles. The Morgan fingerprint density at radius 3 is 2.48 bits per heavy atom. The van der Waals surface area contributed by atoms with Crippen molar-refractivity contribution < 1.29 is 0 Å². The first kappa shape index (κ1) is 14.0. The Morgan fingerprint density at radius 1 is 1.00 bits per heavy atom. The van der Waals surface area contributed by atoms with Crippen molar-refractivity contribution in [3.63, 3.8) is 0 Å². The Balaban J connectivity index is 1.83. The zero-order valence-electron chi connectivity index (χ0n) is 12.0. The SMILES string of the molecule is Cc1ccc(CNC(c2ccccc2)c2ccccn2)s1. The second-order valence-corrected chi connectivity index (χ2v) is 6.36. The summed E-state index contributed by atoms with van der Waals surface area (Å²) in [5.41, 5.74) is 2.29. The van der Waals surface area contributed by atoms with Crippen LogP contribution in [0.15, 0.2) is 66.9 Å². The highest BCUT2D eigenvalue weighted by Crippen LogP contribution is 2.22. The minimum absolute atomic E-state index is 0.120. The average molecular weight is 294 g/mol. The van der Waals surface area contributed by atoms with Gasteiger partial charge in [-0.2, -0.15) is 0 Å². The van der Waals surface area contributed by atoms with E-state index in [0.717, 1.165) is 12.2 Å². The van der Waals surface area contributed by atoms with Crippen LogP contribution in [0.3, 0.4) is 0 Å².